The van der Waals surface area contributed by atoms with Gasteiger partial charge >= 0.3 is 0 Å². The van der Waals surface area contributed by atoms with Crippen LogP contribution >= 0.6 is 11.6 Å². The highest BCUT2D eigenvalue weighted by molar-refractivity contribution is 6.30. The number of hydrogen-bond acceptors (Lipinski definition) is 4. The van der Waals surface area contributed by atoms with E-state index in [1.165, 1.54) is 4.68 Å². The second-order valence-corrected chi connectivity index (χ2v) is 5.32. The van der Waals surface area contributed by atoms with Crippen LogP contribution in [0.3, 0.4) is 0 Å². The Hall–Kier alpha value is -2.79. The molecule has 22 heavy (non-hydrogen) atoms. The number of ketones is 2. The number of rotatable bonds is 1. The van der Waals surface area contributed by atoms with E-state index in [0.717, 1.165) is 0 Å². The summed E-state index contributed by atoms with van der Waals surface area (Å²) in [7, 11) is 0. The molecule has 5 nitrogen and oxygen atoms in total. The molecule has 0 N–H and O–H groups in total. The fourth-order valence-corrected chi connectivity index (χ4v) is 2.75. The smallest absolute Gasteiger partial charge is 0.216 e. The fraction of sp³-hybridized carbons (Fsp3) is 0. The van der Waals surface area contributed by atoms with Gasteiger partial charge < -0.3 is 0 Å². The number of carbonyl (C=O) groups excluding carboxylic acids is 2. The number of fused-ring (bicyclic) bond motifs is 2. The van der Waals surface area contributed by atoms with Gasteiger partial charge in [-0.05, 0) is 18.2 Å². The second kappa shape index (κ2) is 4.61. The van der Waals surface area contributed by atoms with Crippen molar-refractivity contribution in [3.05, 3.63) is 76.1 Å². The van der Waals surface area contributed by atoms with Crippen molar-refractivity contribution in [1.82, 2.24) is 15.0 Å². The van der Waals surface area contributed by atoms with Crippen molar-refractivity contribution in [3.8, 4) is 5.69 Å². The fourth-order valence-electron chi connectivity index (χ4n) is 2.56. The SMILES string of the molecule is O=C1c2ccccc2C(=O)c2c1nnn2-c1cccc(Cl)c1. The van der Waals surface area contributed by atoms with Crippen LogP contribution in [0, 0.1) is 0 Å². The van der Waals surface area contributed by atoms with E-state index in [1.54, 1.807) is 48.5 Å². The summed E-state index contributed by atoms with van der Waals surface area (Å²) in [5.41, 5.74) is 1.56. The monoisotopic (exact) mass is 309 g/mol. The van der Waals surface area contributed by atoms with Gasteiger partial charge in [-0.15, -0.1) is 5.10 Å². The summed E-state index contributed by atoms with van der Waals surface area (Å²) in [5, 5.41) is 8.36. The first-order chi connectivity index (χ1) is 10.7. The minimum Gasteiger partial charge on any atom is -0.287 e. The van der Waals surface area contributed by atoms with Crippen LogP contribution in [0.4, 0.5) is 0 Å². The lowest BCUT2D eigenvalue weighted by Crippen LogP contribution is -2.22. The molecule has 1 heterocycles. The molecule has 0 bridgehead atoms. The summed E-state index contributed by atoms with van der Waals surface area (Å²) in [6, 6.07) is 13.6. The van der Waals surface area contributed by atoms with E-state index in [1.807, 2.05) is 0 Å². The molecule has 2 aromatic carbocycles. The predicted molar refractivity (Wildman–Crippen MR) is 79.7 cm³/mol. The third-order valence-corrected chi connectivity index (χ3v) is 3.80. The van der Waals surface area contributed by atoms with E-state index < -0.39 is 0 Å². The normalized spacial score (nSPS) is 13.0. The largest absolute Gasteiger partial charge is 0.287 e. The standard InChI is InChI=1S/C16H8ClN3O2/c17-9-4-3-5-10(8-9)20-14-13(18-19-20)15(21)11-6-1-2-7-12(11)16(14)22/h1-8H. The molecule has 0 fully saturated rings. The molecule has 0 atom stereocenters. The van der Waals surface area contributed by atoms with E-state index >= 15 is 0 Å². The minimum absolute atomic E-state index is 0.0728. The molecule has 0 saturated heterocycles. The molecule has 1 aliphatic carbocycles. The molecule has 1 aromatic heterocycles. The van der Waals surface area contributed by atoms with Crippen LogP contribution in [0.25, 0.3) is 5.69 Å². The van der Waals surface area contributed by atoms with E-state index in [0.29, 0.717) is 21.8 Å². The van der Waals surface area contributed by atoms with Gasteiger partial charge in [-0.25, -0.2) is 4.68 Å². The van der Waals surface area contributed by atoms with Gasteiger partial charge in [-0.1, -0.05) is 47.1 Å². The molecule has 6 heteroatoms. The summed E-state index contributed by atoms with van der Waals surface area (Å²) in [4.78, 5) is 25.2. The molecule has 1 aliphatic rings. The van der Waals surface area contributed by atoms with Crippen LogP contribution in [-0.2, 0) is 0 Å². The maximum atomic E-state index is 12.7. The number of hydrogen-bond donors (Lipinski definition) is 0. The zero-order valence-electron chi connectivity index (χ0n) is 11.2. The Morgan fingerprint density at radius 1 is 0.909 bits per heavy atom. The molecule has 0 aliphatic heterocycles. The van der Waals surface area contributed by atoms with Gasteiger partial charge in [0.1, 0.15) is 5.69 Å². The number of benzene rings is 2. The summed E-state index contributed by atoms with van der Waals surface area (Å²) >= 11 is 5.98. The molecule has 106 valence electrons. The molecule has 4 rings (SSSR count). The Morgan fingerprint density at radius 3 is 2.36 bits per heavy atom. The maximum Gasteiger partial charge on any atom is 0.216 e. The van der Waals surface area contributed by atoms with E-state index in [9.17, 15) is 9.59 Å². The Kier molecular flexibility index (Phi) is 2.71. The van der Waals surface area contributed by atoms with E-state index in [4.69, 9.17) is 11.6 Å². The van der Waals surface area contributed by atoms with E-state index in [2.05, 4.69) is 10.3 Å². The number of carbonyl (C=O) groups is 2. The molecular weight excluding hydrogens is 302 g/mol. The highest BCUT2D eigenvalue weighted by atomic mass is 35.5. The van der Waals surface area contributed by atoms with Gasteiger partial charge in [0.15, 0.2) is 5.69 Å². The lowest BCUT2D eigenvalue weighted by molar-refractivity contribution is 0.0972. The van der Waals surface area contributed by atoms with Crippen molar-refractivity contribution in [1.29, 1.82) is 0 Å². The number of aromatic nitrogens is 3. The first-order valence-electron chi connectivity index (χ1n) is 6.57. The zero-order valence-corrected chi connectivity index (χ0v) is 11.9. The summed E-state index contributed by atoms with van der Waals surface area (Å²) in [6.07, 6.45) is 0. The Morgan fingerprint density at radius 2 is 1.64 bits per heavy atom. The van der Waals surface area contributed by atoms with Gasteiger partial charge in [-0.3, -0.25) is 9.59 Å². The third-order valence-electron chi connectivity index (χ3n) is 3.57. The van der Waals surface area contributed by atoms with Gasteiger partial charge in [0, 0.05) is 16.1 Å². The van der Waals surface area contributed by atoms with Crippen LogP contribution < -0.4 is 0 Å². The van der Waals surface area contributed by atoms with Crippen molar-refractivity contribution in [2.24, 2.45) is 0 Å². The highest BCUT2D eigenvalue weighted by Gasteiger charge is 2.35. The maximum absolute atomic E-state index is 12.7. The molecule has 0 amide bonds. The van der Waals surface area contributed by atoms with Crippen molar-refractivity contribution >= 4 is 23.2 Å². The minimum atomic E-state index is -0.293. The lowest BCUT2D eigenvalue weighted by atomic mass is 9.90. The van der Waals surface area contributed by atoms with Crippen molar-refractivity contribution < 1.29 is 9.59 Å². The molecule has 0 spiro atoms. The summed E-state index contributed by atoms with van der Waals surface area (Å²) in [6.45, 7) is 0. The number of nitrogens with zero attached hydrogens (tertiary/aromatic N) is 3. The molecular formula is C16H8ClN3O2. The topological polar surface area (TPSA) is 64.8 Å². The van der Waals surface area contributed by atoms with Gasteiger partial charge in [-0.2, -0.15) is 0 Å². The summed E-state index contributed by atoms with van der Waals surface area (Å²) < 4.78 is 1.36. The highest BCUT2D eigenvalue weighted by Crippen LogP contribution is 2.27. The zero-order chi connectivity index (χ0) is 15.3. The van der Waals surface area contributed by atoms with E-state index in [-0.39, 0.29) is 23.0 Å². The average molecular weight is 310 g/mol. The number of halogens is 1. The van der Waals surface area contributed by atoms with Gasteiger partial charge in [0.25, 0.3) is 0 Å². The van der Waals surface area contributed by atoms with Crippen molar-refractivity contribution in [2.45, 2.75) is 0 Å². The quantitative estimate of drug-likeness (QED) is 0.542. The predicted octanol–water partition coefficient (Wildman–Crippen LogP) is 2.70. The van der Waals surface area contributed by atoms with Crippen LogP contribution in [0.5, 0.6) is 0 Å². The van der Waals surface area contributed by atoms with Crippen LogP contribution in [0.2, 0.25) is 5.02 Å². The first kappa shape index (κ1) is 12.9. The van der Waals surface area contributed by atoms with Gasteiger partial charge in [0.05, 0.1) is 5.69 Å². The molecule has 3 aromatic rings. The van der Waals surface area contributed by atoms with Crippen LogP contribution in [0.1, 0.15) is 32.1 Å². The average Bonchev–Trinajstić information content (AvgIpc) is 2.98. The molecule has 0 saturated carbocycles. The third kappa shape index (κ3) is 1.72. The lowest BCUT2D eigenvalue weighted by Gasteiger charge is -2.14. The Balaban J connectivity index is 1.97. The van der Waals surface area contributed by atoms with Crippen molar-refractivity contribution in [2.75, 3.05) is 0 Å². The Labute approximate surface area is 130 Å². The van der Waals surface area contributed by atoms with Crippen LogP contribution in [-0.4, -0.2) is 26.6 Å². The first-order valence-corrected chi connectivity index (χ1v) is 6.94. The summed E-state index contributed by atoms with van der Waals surface area (Å²) in [5.74, 6) is -0.561. The van der Waals surface area contributed by atoms with Gasteiger partial charge in [0.2, 0.25) is 11.6 Å². The molecule has 0 unspecified atom stereocenters. The van der Waals surface area contributed by atoms with Crippen LogP contribution in [0.15, 0.2) is 48.5 Å². The second-order valence-electron chi connectivity index (χ2n) is 4.88. The Bertz CT molecular complexity index is 946. The van der Waals surface area contributed by atoms with Crippen molar-refractivity contribution in [3.63, 3.8) is 0 Å². The molecule has 0 radical (unpaired) electrons.